The molecule has 0 saturated heterocycles. The van der Waals surface area contributed by atoms with Crippen molar-refractivity contribution in [3.8, 4) is 0 Å². The molecule has 0 heterocycles. The number of nitrogens with zero attached hydrogens (tertiary/aromatic N) is 1. The summed E-state index contributed by atoms with van der Waals surface area (Å²) in [7, 11) is 1.76. The number of benzene rings is 1. The Labute approximate surface area is 135 Å². The lowest BCUT2D eigenvalue weighted by Gasteiger charge is -2.09. The Morgan fingerprint density at radius 1 is 1.26 bits per heavy atom. The van der Waals surface area contributed by atoms with Crippen molar-refractivity contribution >= 4 is 41.7 Å². The second kappa shape index (κ2) is 11.3. The van der Waals surface area contributed by atoms with Crippen LogP contribution in [-0.4, -0.2) is 31.8 Å². The quantitative estimate of drug-likeness (QED) is 0.255. The van der Waals surface area contributed by atoms with Gasteiger partial charge in [0.05, 0.1) is 0 Å². The molecule has 3 nitrogen and oxygen atoms in total. The number of halogens is 2. The Bertz CT molecular complexity index is 371. The van der Waals surface area contributed by atoms with E-state index in [0.29, 0.717) is 0 Å². The fourth-order valence-electron chi connectivity index (χ4n) is 1.39. The van der Waals surface area contributed by atoms with E-state index < -0.39 is 0 Å². The molecule has 0 aliphatic heterocycles. The van der Waals surface area contributed by atoms with Crippen LogP contribution in [0.1, 0.15) is 13.3 Å². The summed E-state index contributed by atoms with van der Waals surface area (Å²) in [5.41, 5.74) is 0. The summed E-state index contributed by atoms with van der Waals surface area (Å²) in [6.07, 6.45) is 1.03. The van der Waals surface area contributed by atoms with Gasteiger partial charge in [0.15, 0.2) is 5.96 Å². The van der Waals surface area contributed by atoms with Gasteiger partial charge in [-0.15, -0.1) is 35.7 Å². The third-order valence-electron chi connectivity index (χ3n) is 2.26. The highest BCUT2D eigenvalue weighted by Crippen LogP contribution is 2.18. The molecule has 0 aliphatic carbocycles. The van der Waals surface area contributed by atoms with E-state index in [0.717, 1.165) is 36.1 Å². The van der Waals surface area contributed by atoms with Gasteiger partial charge in [-0.05, 0) is 43.4 Å². The molecule has 1 rings (SSSR count). The first kappa shape index (κ1) is 18.5. The monoisotopic (exact) mass is 397 g/mol. The van der Waals surface area contributed by atoms with Crippen molar-refractivity contribution in [2.75, 3.05) is 25.9 Å². The van der Waals surface area contributed by atoms with Crippen LogP contribution in [0.15, 0.2) is 34.2 Å². The normalized spacial score (nSPS) is 10.8. The highest BCUT2D eigenvalue weighted by Gasteiger charge is 1.97. The van der Waals surface area contributed by atoms with Gasteiger partial charge in [-0.3, -0.25) is 4.99 Å². The van der Waals surface area contributed by atoms with E-state index >= 15 is 0 Å². The number of thioether (sulfide) groups is 1. The SMILES string of the molecule is CCNC(=NC)NCCCSc1ccc(F)cc1.I. The zero-order valence-corrected chi connectivity index (χ0v) is 14.4. The summed E-state index contributed by atoms with van der Waals surface area (Å²) in [5.74, 6) is 1.65. The molecule has 0 spiro atoms. The van der Waals surface area contributed by atoms with E-state index in [2.05, 4.69) is 15.6 Å². The minimum absolute atomic E-state index is 0. The first-order chi connectivity index (χ1) is 8.76. The number of rotatable bonds is 6. The highest BCUT2D eigenvalue weighted by atomic mass is 127. The fourth-order valence-corrected chi connectivity index (χ4v) is 2.24. The average molecular weight is 397 g/mol. The highest BCUT2D eigenvalue weighted by molar-refractivity contribution is 14.0. The fraction of sp³-hybridized carbons (Fsp3) is 0.462. The molecule has 0 aliphatic rings. The lowest BCUT2D eigenvalue weighted by molar-refractivity contribution is 0.626. The van der Waals surface area contributed by atoms with Crippen molar-refractivity contribution in [3.63, 3.8) is 0 Å². The Kier molecular flexibility index (Phi) is 11.0. The molecular weight excluding hydrogens is 376 g/mol. The number of hydrogen-bond donors (Lipinski definition) is 2. The van der Waals surface area contributed by atoms with Gasteiger partial charge >= 0.3 is 0 Å². The number of aliphatic imine (C=N–C) groups is 1. The zero-order chi connectivity index (χ0) is 13.2. The maximum absolute atomic E-state index is 12.7. The van der Waals surface area contributed by atoms with Gasteiger partial charge in [0.25, 0.3) is 0 Å². The summed E-state index contributed by atoms with van der Waals surface area (Å²) in [4.78, 5) is 5.19. The van der Waals surface area contributed by atoms with Crippen LogP contribution in [0.2, 0.25) is 0 Å². The van der Waals surface area contributed by atoms with Crippen molar-refractivity contribution < 1.29 is 4.39 Å². The predicted octanol–water partition coefficient (Wildman–Crippen LogP) is 3.11. The predicted molar refractivity (Wildman–Crippen MR) is 92.2 cm³/mol. The molecule has 0 unspecified atom stereocenters. The Balaban J connectivity index is 0.00000324. The van der Waals surface area contributed by atoms with Crippen LogP contribution in [-0.2, 0) is 0 Å². The molecule has 1 aromatic carbocycles. The second-order valence-corrected chi connectivity index (χ2v) is 4.85. The zero-order valence-electron chi connectivity index (χ0n) is 11.3. The van der Waals surface area contributed by atoms with Crippen LogP contribution >= 0.6 is 35.7 Å². The number of hydrogen-bond acceptors (Lipinski definition) is 2. The van der Waals surface area contributed by atoms with E-state index in [4.69, 9.17) is 0 Å². The molecule has 0 bridgehead atoms. The molecule has 2 N–H and O–H groups in total. The van der Waals surface area contributed by atoms with Crippen molar-refractivity contribution in [1.82, 2.24) is 10.6 Å². The van der Waals surface area contributed by atoms with Gasteiger partial charge in [-0.25, -0.2) is 4.39 Å². The second-order valence-electron chi connectivity index (χ2n) is 3.69. The smallest absolute Gasteiger partial charge is 0.190 e. The molecule has 1 aromatic rings. The average Bonchev–Trinajstić information content (AvgIpc) is 2.39. The minimum Gasteiger partial charge on any atom is -0.357 e. The van der Waals surface area contributed by atoms with E-state index in [9.17, 15) is 4.39 Å². The van der Waals surface area contributed by atoms with E-state index in [1.165, 1.54) is 12.1 Å². The van der Waals surface area contributed by atoms with Crippen molar-refractivity contribution in [3.05, 3.63) is 30.1 Å². The van der Waals surface area contributed by atoms with Crippen molar-refractivity contribution in [1.29, 1.82) is 0 Å². The van der Waals surface area contributed by atoms with Gasteiger partial charge in [0.2, 0.25) is 0 Å². The van der Waals surface area contributed by atoms with Gasteiger partial charge in [0, 0.05) is 25.0 Å². The summed E-state index contributed by atoms with van der Waals surface area (Å²) < 4.78 is 12.7. The first-order valence-electron chi connectivity index (χ1n) is 6.09. The summed E-state index contributed by atoms with van der Waals surface area (Å²) in [6.45, 7) is 3.79. The van der Waals surface area contributed by atoms with Gasteiger partial charge in [0.1, 0.15) is 5.82 Å². The molecule has 19 heavy (non-hydrogen) atoms. The maximum atomic E-state index is 12.7. The standard InChI is InChI=1S/C13H20FN3S.HI/c1-3-16-13(15-2)17-9-4-10-18-12-7-5-11(14)6-8-12;/h5-8H,3-4,9-10H2,1-2H3,(H2,15,16,17);1H. The van der Waals surface area contributed by atoms with E-state index in [1.807, 2.05) is 19.1 Å². The van der Waals surface area contributed by atoms with E-state index in [-0.39, 0.29) is 29.8 Å². The number of nitrogens with one attached hydrogen (secondary N) is 2. The summed E-state index contributed by atoms with van der Waals surface area (Å²) >= 11 is 1.73. The molecule has 108 valence electrons. The molecule has 0 amide bonds. The first-order valence-corrected chi connectivity index (χ1v) is 7.07. The Hall–Kier alpha value is -0.500. The third kappa shape index (κ3) is 8.30. The molecule has 0 saturated carbocycles. The van der Waals surface area contributed by atoms with E-state index in [1.54, 1.807) is 18.8 Å². The molecule has 0 fully saturated rings. The third-order valence-corrected chi connectivity index (χ3v) is 3.36. The lowest BCUT2D eigenvalue weighted by atomic mass is 10.4. The van der Waals surface area contributed by atoms with Gasteiger partial charge in [-0.2, -0.15) is 0 Å². The molecule has 6 heteroatoms. The maximum Gasteiger partial charge on any atom is 0.190 e. The van der Waals surface area contributed by atoms with Gasteiger partial charge < -0.3 is 10.6 Å². The topological polar surface area (TPSA) is 36.4 Å². The van der Waals surface area contributed by atoms with Crippen LogP contribution in [0.5, 0.6) is 0 Å². The molecule has 0 atom stereocenters. The van der Waals surface area contributed by atoms with Crippen LogP contribution in [0.4, 0.5) is 4.39 Å². The molecule has 0 aromatic heterocycles. The summed E-state index contributed by atoms with van der Waals surface area (Å²) in [5, 5.41) is 6.37. The minimum atomic E-state index is -0.185. The van der Waals surface area contributed by atoms with Gasteiger partial charge in [-0.1, -0.05) is 0 Å². The Morgan fingerprint density at radius 2 is 1.95 bits per heavy atom. The number of guanidine groups is 1. The van der Waals surface area contributed by atoms with Crippen LogP contribution < -0.4 is 10.6 Å². The van der Waals surface area contributed by atoms with Crippen LogP contribution in [0.3, 0.4) is 0 Å². The van der Waals surface area contributed by atoms with Crippen molar-refractivity contribution in [2.24, 2.45) is 4.99 Å². The van der Waals surface area contributed by atoms with Crippen LogP contribution in [0.25, 0.3) is 0 Å². The Morgan fingerprint density at radius 3 is 2.53 bits per heavy atom. The largest absolute Gasteiger partial charge is 0.357 e. The molecular formula is C13H21FIN3S. The summed E-state index contributed by atoms with van der Waals surface area (Å²) in [6, 6.07) is 6.61. The van der Waals surface area contributed by atoms with Crippen molar-refractivity contribution in [2.45, 2.75) is 18.2 Å². The molecule has 0 radical (unpaired) electrons. The lowest BCUT2D eigenvalue weighted by Crippen LogP contribution is -2.37. The van der Waals surface area contributed by atoms with Crippen LogP contribution in [0, 0.1) is 5.82 Å².